The SMILES string of the molecule is OC1(Cc2nc3ccccc3s2)CCC2(CC1)OOC1(O2)C2CC3CC(C2)CC1C3. The molecule has 5 nitrogen and oxygen atoms in total. The Kier molecular flexibility index (Phi) is 3.86. The highest BCUT2D eigenvalue weighted by molar-refractivity contribution is 7.18. The molecule has 4 bridgehead atoms. The van der Waals surface area contributed by atoms with Gasteiger partial charge in [0.1, 0.15) is 0 Å². The third-order valence-corrected chi connectivity index (χ3v) is 9.74. The molecule has 5 saturated carbocycles. The van der Waals surface area contributed by atoms with E-state index in [1.165, 1.54) is 36.8 Å². The lowest BCUT2D eigenvalue weighted by molar-refractivity contribution is -0.390. The maximum absolute atomic E-state index is 11.3. The second kappa shape index (κ2) is 6.26. The molecule has 0 atom stereocenters. The lowest BCUT2D eigenvalue weighted by atomic mass is 9.53. The van der Waals surface area contributed by atoms with Crippen LogP contribution in [0.4, 0.5) is 0 Å². The van der Waals surface area contributed by atoms with Gasteiger partial charge in [-0.1, -0.05) is 12.1 Å². The minimum atomic E-state index is -0.744. The molecule has 5 aliphatic carbocycles. The Balaban J connectivity index is 1.07. The van der Waals surface area contributed by atoms with Crippen LogP contribution in [0.1, 0.15) is 62.8 Å². The van der Waals surface area contributed by atoms with E-state index in [2.05, 4.69) is 6.07 Å². The largest absolute Gasteiger partial charge is 0.389 e. The van der Waals surface area contributed by atoms with E-state index in [0.29, 0.717) is 43.9 Å². The van der Waals surface area contributed by atoms with E-state index in [4.69, 9.17) is 19.5 Å². The zero-order chi connectivity index (χ0) is 20.0. The summed E-state index contributed by atoms with van der Waals surface area (Å²) in [4.78, 5) is 16.9. The van der Waals surface area contributed by atoms with E-state index < -0.39 is 17.2 Å². The predicted octanol–water partition coefficient (Wildman–Crippen LogP) is 4.97. The van der Waals surface area contributed by atoms with Gasteiger partial charge < -0.3 is 9.84 Å². The molecule has 0 unspecified atom stereocenters. The van der Waals surface area contributed by atoms with E-state index >= 15 is 0 Å². The van der Waals surface area contributed by atoms with Crippen LogP contribution in [0, 0.1) is 23.7 Å². The summed E-state index contributed by atoms with van der Waals surface area (Å²) in [5.41, 5.74) is 0.277. The Hall–Kier alpha value is -1.05. The molecule has 1 saturated heterocycles. The first-order chi connectivity index (χ1) is 14.5. The van der Waals surface area contributed by atoms with Crippen molar-refractivity contribution in [1.82, 2.24) is 4.98 Å². The molecule has 30 heavy (non-hydrogen) atoms. The Morgan fingerprint density at radius 1 is 0.933 bits per heavy atom. The molecule has 2 heterocycles. The number of aromatic nitrogens is 1. The second-order valence-electron chi connectivity index (χ2n) is 10.7. The van der Waals surface area contributed by atoms with Crippen LogP contribution in [0.3, 0.4) is 0 Å². The summed E-state index contributed by atoms with van der Waals surface area (Å²) in [6.45, 7) is 0. The van der Waals surface area contributed by atoms with Gasteiger partial charge in [0.25, 0.3) is 0 Å². The van der Waals surface area contributed by atoms with Crippen LogP contribution in [0.25, 0.3) is 10.2 Å². The van der Waals surface area contributed by atoms with Crippen molar-refractivity contribution >= 4 is 21.6 Å². The molecule has 6 aliphatic rings. The number of nitrogens with zero attached hydrogens (tertiary/aromatic N) is 1. The van der Waals surface area contributed by atoms with E-state index in [1.807, 2.05) is 18.2 Å². The number of rotatable bonds is 2. The molecule has 0 radical (unpaired) electrons. The van der Waals surface area contributed by atoms with Crippen LogP contribution in [0.15, 0.2) is 24.3 Å². The summed E-state index contributed by atoms with van der Waals surface area (Å²) in [5.74, 6) is 1.51. The van der Waals surface area contributed by atoms with Crippen LogP contribution < -0.4 is 0 Å². The summed E-state index contributed by atoms with van der Waals surface area (Å²) < 4.78 is 7.96. The van der Waals surface area contributed by atoms with Gasteiger partial charge in [0.05, 0.1) is 20.8 Å². The van der Waals surface area contributed by atoms with Crippen LogP contribution in [-0.4, -0.2) is 27.3 Å². The van der Waals surface area contributed by atoms with Gasteiger partial charge >= 0.3 is 0 Å². The maximum atomic E-state index is 11.3. The van der Waals surface area contributed by atoms with Crippen LogP contribution in [0.2, 0.25) is 0 Å². The fourth-order valence-corrected chi connectivity index (χ4v) is 8.45. The molecule has 2 spiro atoms. The summed E-state index contributed by atoms with van der Waals surface area (Å²) >= 11 is 1.69. The van der Waals surface area contributed by atoms with E-state index in [1.54, 1.807) is 11.3 Å². The first-order valence-corrected chi connectivity index (χ1v) is 12.5. The molecule has 8 rings (SSSR count). The van der Waals surface area contributed by atoms with Crippen molar-refractivity contribution < 1.29 is 19.6 Å². The molecular formula is C24H29NO4S. The Labute approximate surface area is 180 Å². The van der Waals surface area contributed by atoms with Crippen molar-refractivity contribution in [2.24, 2.45) is 23.7 Å². The molecule has 160 valence electrons. The van der Waals surface area contributed by atoms with Crippen LogP contribution >= 0.6 is 11.3 Å². The molecular weight excluding hydrogens is 398 g/mol. The normalized spacial score (nSPS) is 47.1. The standard InChI is InChI=1S/C24H29NO4S/c26-22(14-21-25-19-3-1-2-4-20(19)30-21)5-7-23(8-6-22)27-24(29-28-23)17-10-15-9-16(12-17)13-18(24)11-15/h1-4,15-18,26H,5-14H2. The van der Waals surface area contributed by atoms with Crippen molar-refractivity contribution in [3.63, 3.8) is 0 Å². The lowest BCUT2D eigenvalue weighted by Gasteiger charge is -2.57. The minimum absolute atomic E-state index is 0.483. The van der Waals surface area contributed by atoms with Gasteiger partial charge in [-0.3, -0.25) is 0 Å². The molecule has 2 aromatic rings. The first-order valence-electron chi connectivity index (χ1n) is 11.7. The third kappa shape index (κ3) is 2.70. The number of benzene rings is 1. The number of hydrogen-bond donors (Lipinski definition) is 1. The van der Waals surface area contributed by atoms with Crippen molar-refractivity contribution in [2.45, 2.75) is 81.4 Å². The summed E-state index contributed by atoms with van der Waals surface area (Å²) in [6, 6.07) is 8.19. The molecule has 1 aliphatic heterocycles. The molecule has 6 fully saturated rings. The quantitative estimate of drug-likeness (QED) is 0.686. The Morgan fingerprint density at radius 3 is 2.33 bits per heavy atom. The van der Waals surface area contributed by atoms with Crippen LogP contribution in [0.5, 0.6) is 0 Å². The number of aliphatic hydroxyl groups is 1. The highest BCUT2D eigenvalue weighted by atomic mass is 32.1. The average Bonchev–Trinajstić information content (AvgIpc) is 3.31. The lowest BCUT2D eigenvalue weighted by Crippen LogP contribution is -2.59. The fraction of sp³-hybridized carbons (Fsp3) is 0.708. The molecule has 1 N–H and O–H groups in total. The summed E-state index contributed by atoms with van der Waals surface area (Å²) in [5, 5.41) is 12.3. The Bertz CT molecular complexity index is 917. The van der Waals surface area contributed by atoms with Gasteiger partial charge in [-0.15, -0.1) is 11.3 Å². The second-order valence-corrected chi connectivity index (χ2v) is 11.8. The predicted molar refractivity (Wildman–Crippen MR) is 113 cm³/mol. The molecule has 6 heteroatoms. The number of hydrogen-bond acceptors (Lipinski definition) is 6. The highest BCUT2D eigenvalue weighted by Crippen LogP contribution is 2.64. The van der Waals surface area contributed by atoms with Gasteiger partial charge in [0, 0.05) is 31.1 Å². The smallest absolute Gasteiger partial charge is 0.210 e. The number of fused-ring (bicyclic) bond motifs is 1. The summed E-state index contributed by atoms with van der Waals surface area (Å²) in [6.07, 6.45) is 9.61. The molecule has 1 aromatic carbocycles. The molecule has 1 aromatic heterocycles. The fourth-order valence-electron chi connectivity index (χ4n) is 7.35. The average molecular weight is 428 g/mol. The number of para-hydroxylation sites is 1. The highest BCUT2D eigenvalue weighted by Gasteiger charge is 2.67. The van der Waals surface area contributed by atoms with Gasteiger partial charge in [0.2, 0.25) is 11.6 Å². The van der Waals surface area contributed by atoms with Crippen molar-refractivity contribution in [3.05, 3.63) is 29.3 Å². The van der Waals surface area contributed by atoms with Gasteiger partial charge in [-0.05, 0) is 68.9 Å². The third-order valence-electron chi connectivity index (χ3n) is 8.71. The molecule has 0 amide bonds. The first kappa shape index (κ1) is 18.5. The van der Waals surface area contributed by atoms with Gasteiger partial charge in [-0.25, -0.2) is 4.98 Å². The number of ether oxygens (including phenoxy) is 1. The van der Waals surface area contributed by atoms with Crippen molar-refractivity contribution in [1.29, 1.82) is 0 Å². The monoisotopic (exact) mass is 427 g/mol. The van der Waals surface area contributed by atoms with Gasteiger partial charge in [-0.2, -0.15) is 9.78 Å². The zero-order valence-electron chi connectivity index (χ0n) is 17.2. The van der Waals surface area contributed by atoms with E-state index in [0.717, 1.165) is 22.4 Å². The summed E-state index contributed by atoms with van der Waals surface area (Å²) in [7, 11) is 0. The van der Waals surface area contributed by atoms with E-state index in [9.17, 15) is 5.11 Å². The topological polar surface area (TPSA) is 60.8 Å². The number of thiazole rings is 1. The van der Waals surface area contributed by atoms with E-state index in [-0.39, 0.29) is 0 Å². The Morgan fingerprint density at radius 2 is 1.63 bits per heavy atom. The maximum Gasteiger partial charge on any atom is 0.210 e. The van der Waals surface area contributed by atoms with Crippen molar-refractivity contribution in [3.8, 4) is 0 Å². The van der Waals surface area contributed by atoms with Gasteiger partial charge in [0.15, 0.2) is 0 Å². The minimum Gasteiger partial charge on any atom is -0.389 e. The van der Waals surface area contributed by atoms with Crippen LogP contribution in [-0.2, 0) is 20.9 Å². The van der Waals surface area contributed by atoms with Crippen molar-refractivity contribution in [2.75, 3.05) is 0 Å². The zero-order valence-corrected chi connectivity index (χ0v) is 18.0.